The second-order valence-corrected chi connectivity index (χ2v) is 4.84. The van der Waals surface area contributed by atoms with Gasteiger partial charge in [0.1, 0.15) is 0 Å². The molecule has 0 spiro atoms. The summed E-state index contributed by atoms with van der Waals surface area (Å²) in [7, 11) is 1.52. The van der Waals surface area contributed by atoms with Gasteiger partial charge in [-0.05, 0) is 23.8 Å². The van der Waals surface area contributed by atoms with Crippen molar-refractivity contribution in [3.05, 3.63) is 48.3 Å². The minimum Gasteiger partial charge on any atom is -0.356 e. The van der Waals surface area contributed by atoms with Crippen molar-refractivity contribution in [1.82, 2.24) is 20.4 Å². The molecule has 0 fully saturated rings. The van der Waals surface area contributed by atoms with Crippen molar-refractivity contribution < 1.29 is 13.2 Å². The van der Waals surface area contributed by atoms with Gasteiger partial charge in [0.05, 0.1) is 12.1 Å². The molecule has 0 saturated heterocycles. The van der Waals surface area contributed by atoms with Crippen LogP contribution in [-0.4, -0.2) is 35.5 Å². The summed E-state index contributed by atoms with van der Waals surface area (Å²) in [6, 6.07) is 9.52. The molecule has 0 unspecified atom stereocenters. The van der Waals surface area contributed by atoms with Crippen molar-refractivity contribution in [2.75, 3.05) is 13.6 Å². The van der Waals surface area contributed by atoms with Crippen molar-refractivity contribution in [2.45, 2.75) is 19.1 Å². The molecule has 0 aliphatic carbocycles. The molecule has 0 bridgehead atoms. The van der Waals surface area contributed by atoms with Crippen LogP contribution < -0.4 is 10.6 Å². The van der Waals surface area contributed by atoms with E-state index in [9.17, 15) is 13.2 Å². The van der Waals surface area contributed by atoms with Crippen LogP contribution in [0.3, 0.4) is 0 Å². The SMILES string of the molecule is CN=C(NCCC(F)(F)F)NCc1cccc(-n2cccn2)c1.I. The van der Waals surface area contributed by atoms with Crippen molar-refractivity contribution in [3.8, 4) is 5.69 Å². The average molecular weight is 453 g/mol. The van der Waals surface area contributed by atoms with Crippen LogP contribution in [0.25, 0.3) is 5.69 Å². The molecular weight excluding hydrogens is 434 g/mol. The third kappa shape index (κ3) is 6.77. The first kappa shape index (κ1) is 20.3. The zero-order chi connectivity index (χ0) is 16.7. The number of aromatic nitrogens is 2. The Morgan fingerprint density at radius 1 is 1.25 bits per heavy atom. The minimum atomic E-state index is -4.18. The molecule has 0 saturated carbocycles. The van der Waals surface area contributed by atoms with Gasteiger partial charge in [-0.3, -0.25) is 4.99 Å². The fourth-order valence-corrected chi connectivity index (χ4v) is 1.96. The highest BCUT2D eigenvalue weighted by Gasteiger charge is 2.26. The molecule has 1 aromatic heterocycles. The van der Waals surface area contributed by atoms with E-state index in [2.05, 4.69) is 20.7 Å². The van der Waals surface area contributed by atoms with Crippen LogP contribution in [0.1, 0.15) is 12.0 Å². The molecule has 0 amide bonds. The predicted molar refractivity (Wildman–Crippen MR) is 97.9 cm³/mol. The quantitative estimate of drug-likeness (QED) is 0.416. The van der Waals surface area contributed by atoms with Crippen molar-refractivity contribution in [1.29, 1.82) is 0 Å². The summed E-state index contributed by atoms with van der Waals surface area (Å²) >= 11 is 0. The minimum absolute atomic E-state index is 0. The van der Waals surface area contributed by atoms with E-state index in [1.807, 2.05) is 36.5 Å². The van der Waals surface area contributed by atoms with E-state index in [4.69, 9.17) is 0 Å². The number of nitrogens with zero attached hydrogens (tertiary/aromatic N) is 3. The molecule has 2 N–H and O–H groups in total. The Morgan fingerprint density at radius 2 is 2.04 bits per heavy atom. The fraction of sp³-hybridized carbons (Fsp3) is 0.333. The van der Waals surface area contributed by atoms with Gasteiger partial charge in [0, 0.05) is 32.5 Å². The van der Waals surface area contributed by atoms with Crippen LogP contribution in [0.5, 0.6) is 0 Å². The molecule has 2 rings (SSSR count). The molecule has 132 valence electrons. The lowest BCUT2D eigenvalue weighted by Gasteiger charge is -2.13. The topological polar surface area (TPSA) is 54.2 Å². The highest BCUT2D eigenvalue weighted by Crippen LogP contribution is 2.18. The molecule has 1 heterocycles. The van der Waals surface area contributed by atoms with Crippen molar-refractivity contribution in [3.63, 3.8) is 0 Å². The first-order valence-corrected chi connectivity index (χ1v) is 7.08. The Morgan fingerprint density at radius 3 is 2.67 bits per heavy atom. The normalized spacial score (nSPS) is 11.8. The van der Waals surface area contributed by atoms with E-state index in [1.165, 1.54) is 7.05 Å². The summed E-state index contributed by atoms with van der Waals surface area (Å²) in [4.78, 5) is 3.90. The Kier molecular flexibility index (Phi) is 8.02. The molecule has 5 nitrogen and oxygen atoms in total. The van der Waals surface area contributed by atoms with Gasteiger partial charge in [0.25, 0.3) is 0 Å². The molecule has 2 aromatic rings. The van der Waals surface area contributed by atoms with E-state index >= 15 is 0 Å². The second kappa shape index (κ2) is 9.50. The molecule has 0 aliphatic rings. The van der Waals surface area contributed by atoms with Gasteiger partial charge in [0.2, 0.25) is 0 Å². The molecule has 24 heavy (non-hydrogen) atoms. The summed E-state index contributed by atoms with van der Waals surface area (Å²) in [6.07, 6.45) is -1.55. The fourth-order valence-electron chi connectivity index (χ4n) is 1.96. The zero-order valence-corrected chi connectivity index (χ0v) is 15.4. The number of nitrogens with one attached hydrogen (secondary N) is 2. The van der Waals surface area contributed by atoms with Gasteiger partial charge in [-0.2, -0.15) is 18.3 Å². The average Bonchev–Trinajstić information content (AvgIpc) is 3.04. The Balaban J connectivity index is 0.00000288. The second-order valence-electron chi connectivity index (χ2n) is 4.84. The van der Waals surface area contributed by atoms with Crippen LogP contribution in [0.4, 0.5) is 13.2 Å². The molecule has 0 radical (unpaired) electrons. The number of guanidine groups is 1. The van der Waals surface area contributed by atoms with Crippen LogP contribution in [0.2, 0.25) is 0 Å². The Labute approximate surface area is 155 Å². The third-order valence-electron chi connectivity index (χ3n) is 3.06. The predicted octanol–water partition coefficient (Wildman–Crippen LogP) is 3.11. The number of hydrogen-bond acceptors (Lipinski definition) is 2. The first-order chi connectivity index (χ1) is 11.0. The van der Waals surface area contributed by atoms with Gasteiger partial charge < -0.3 is 10.6 Å². The van der Waals surface area contributed by atoms with E-state index in [-0.39, 0.29) is 30.5 Å². The number of benzene rings is 1. The van der Waals surface area contributed by atoms with Gasteiger partial charge in [0.15, 0.2) is 5.96 Å². The maximum Gasteiger partial charge on any atom is 0.390 e. The lowest BCUT2D eigenvalue weighted by atomic mass is 10.2. The largest absolute Gasteiger partial charge is 0.390 e. The maximum atomic E-state index is 12.1. The molecular formula is C15H19F3IN5. The van der Waals surface area contributed by atoms with Crippen molar-refractivity contribution >= 4 is 29.9 Å². The number of rotatable bonds is 5. The number of halogens is 4. The zero-order valence-electron chi connectivity index (χ0n) is 13.0. The monoisotopic (exact) mass is 453 g/mol. The van der Waals surface area contributed by atoms with Crippen LogP contribution in [0, 0.1) is 0 Å². The van der Waals surface area contributed by atoms with E-state index in [0.29, 0.717) is 12.5 Å². The van der Waals surface area contributed by atoms with Gasteiger partial charge in [-0.15, -0.1) is 24.0 Å². The summed E-state index contributed by atoms with van der Waals surface area (Å²) in [5.41, 5.74) is 1.88. The molecule has 0 aliphatic heterocycles. The smallest absolute Gasteiger partial charge is 0.356 e. The van der Waals surface area contributed by atoms with Gasteiger partial charge >= 0.3 is 6.18 Å². The standard InChI is InChI=1S/C15H18F3N5.HI/c1-19-14(20-8-6-15(16,17)18)21-11-12-4-2-5-13(10-12)23-9-3-7-22-23;/h2-5,7,9-10H,6,8,11H2,1H3,(H2,19,20,21);1H. The number of hydrogen-bond donors (Lipinski definition) is 2. The summed E-state index contributed by atoms with van der Waals surface area (Å²) in [5, 5.41) is 9.78. The first-order valence-electron chi connectivity index (χ1n) is 7.08. The summed E-state index contributed by atoms with van der Waals surface area (Å²) < 4.78 is 38.1. The van der Waals surface area contributed by atoms with Gasteiger partial charge in [-0.25, -0.2) is 4.68 Å². The molecule has 9 heteroatoms. The van der Waals surface area contributed by atoms with Gasteiger partial charge in [-0.1, -0.05) is 12.1 Å². The number of aliphatic imine (C=N–C) groups is 1. The maximum absolute atomic E-state index is 12.1. The van der Waals surface area contributed by atoms with Crippen molar-refractivity contribution in [2.24, 2.45) is 4.99 Å². The van der Waals surface area contributed by atoms with Crippen LogP contribution in [-0.2, 0) is 6.54 Å². The lowest BCUT2D eigenvalue weighted by molar-refractivity contribution is -0.132. The summed E-state index contributed by atoms with van der Waals surface area (Å²) in [5.74, 6) is 0.332. The van der Waals surface area contributed by atoms with Crippen LogP contribution in [0.15, 0.2) is 47.7 Å². The highest BCUT2D eigenvalue weighted by atomic mass is 127. The third-order valence-corrected chi connectivity index (χ3v) is 3.06. The van der Waals surface area contributed by atoms with E-state index in [1.54, 1.807) is 10.9 Å². The van der Waals surface area contributed by atoms with E-state index in [0.717, 1.165) is 11.3 Å². The van der Waals surface area contributed by atoms with Crippen LogP contribution >= 0.6 is 24.0 Å². The number of alkyl halides is 3. The van der Waals surface area contributed by atoms with E-state index < -0.39 is 12.6 Å². The Bertz CT molecular complexity index is 641. The Hall–Kier alpha value is -1.78. The molecule has 0 atom stereocenters. The molecule has 1 aromatic carbocycles. The summed E-state index contributed by atoms with van der Waals surface area (Å²) in [6.45, 7) is 0.233. The highest BCUT2D eigenvalue weighted by molar-refractivity contribution is 14.0. The lowest BCUT2D eigenvalue weighted by Crippen LogP contribution is -2.38.